The highest BCUT2D eigenvalue weighted by Crippen LogP contribution is 2.17. The van der Waals surface area contributed by atoms with Crippen LogP contribution in [0.15, 0.2) is 30.5 Å². The molecule has 0 atom stereocenters. The first kappa shape index (κ1) is 10.4. The lowest BCUT2D eigenvalue weighted by atomic mass is 10.2. The summed E-state index contributed by atoms with van der Waals surface area (Å²) in [6, 6.07) is 5.98. The van der Waals surface area contributed by atoms with Gasteiger partial charge in [-0.25, -0.2) is 4.68 Å². The summed E-state index contributed by atoms with van der Waals surface area (Å²) >= 11 is 0. The van der Waals surface area contributed by atoms with Crippen molar-refractivity contribution in [1.29, 1.82) is 0 Å². The number of ketones is 1. The van der Waals surface area contributed by atoms with Crippen LogP contribution in [-0.2, 0) is 0 Å². The smallest absolute Gasteiger partial charge is 0.227 e. The summed E-state index contributed by atoms with van der Waals surface area (Å²) in [7, 11) is 0. The van der Waals surface area contributed by atoms with E-state index >= 15 is 0 Å². The first-order valence-electron chi connectivity index (χ1n) is 4.63. The molecule has 1 aromatic carbocycles. The van der Waals surface area contributed by atoms with Gasteiger partial charge in [0.2, 0.25) is 5.95 Å². The average molecular weight is 220 g/mol. The maximum absolute atomic E-state index is 13.7. The highest BCUT2D eigenvalue weighted by Gasteiger charge is 2.15. The lowest BCUT2D eigenvalue weighted by molar-refractivity contribution is 0.101. The van der Waals surface area contributed by atoms with E-state index in [9.17, 15) is 14.3 Å². The molecule has 82 valence electrons. The number of halogens is 1. The first-order valence-corrected chi connectivity index (χ1v) is 4.63. The molecule has 1 aromatic heterocycles. The molecule has 1 heterocycles. The van der Waals surface area contributed by atoms with E-state index in [-0.39, 0.29) is 17.1 Å². The number of phenolic OH excluding ortho intramolecular Hbond substituents is 1. The second-order valence-electron chi connectivity index (χ2n) is 3.34. The number of benzene rings is 1. The van der Waals surface area contributed by atoms with Crippen molar-refractivity contribution in [2.45, 2.75) is 6.92 Å². The van der Waals surface area contributed by atoms with Gasteiger partial charge in [-0.05, 0) is 19.1 Å². The van der Waals surface area contributed by atoms with Crippen LogP contribution in [-0.4, -0.2) is 20.7 Å². The third-order valence-electron chi connectivity index (χ3n) is 2.16. The van der Waals surface area contributed by atoms with Crippen LogP contribution in [0.3, 0.4) is 0 Å². The summed E-state index contributed by atoms with van der Waals surface area (Å²) in [6.45, 7) is 1.27. The number of nitrogens with zero attached hydrogens (tertiary/aromatic N) is 2. The van der Waals surface area contributed by atoms with Gasteiger partial charge in [0.05, 0.1) is 17.4 Å². The van der Waals surface area contributed by atoms with E-state index in [1.165, 1.54) is 25.3 Å². The SMILES string of the molecule is CC(=O)c1cnn(-c2cccc(O)c2)c1F. The van der Waals surface area contributed by atoms with Gasteiger partial charge in [-0.15, -0.1) is 0 Å². The molecule has 0 amide bonds. The van der Waals surface area contributed by atoms with E-state index < -0.39 is 5.95 Å². The number of hydrogen-bond acceptors (Lipinski definition) is 3. The fourth-order valence-electron chi connectivity index (χ4n) is 1.37. The normalized spacial score (nSPS) is 10.4. The summed E-state index contributed by atoms with van der Waals surface area (Å²) in [5.41, 5.74) is 0.299. The van der Waals surface area contributed by atoms with Crippen molar-refractivity contribution in [1.82, 2.24) is 9.78 Å². The summed E-state index contributed by atoms with van der Waals surface area (Å²) in [4.78, 5) is 11.0. The van der Waals surface area contributed by atoms with Gasteiger partial charge in [0.25, 0.3) is 0 Å². The number of carbonyl (C=O) groups is 1. The number of Topliss-reactive ketones (excluding diaryl/α,β-unsaturated/α-hetero) is 1. The van der Waals surface area contributed by atoms with Gasteiger partial charge in [-0.1, -0.05) is 6.07 Å². The fraction of sp³-hybridized carbons (Fsp3) is 0.0909. The van der Waals surface area contributed by atoms with Crippen LogP contribution in [0.4, 0.5) is 4.39 Å². The quantitative estimate of drug-likeness (QED) is 0.786. The Morgan fingerprint density at radius 2 is 2.25 bits per heavy atom. The number of aromatic nitrogens is 2. The minimum Gasteiger partial charge on any atom is -0.508 e. The van der Waals surface area contributed by atoms with Crippen LogP contribution < -0.4 is 0 Å². The lowest BCUT2D eigenvalue weighted by Gasteiger charge is -2.02. The molecule has 0 spiro atoms. The number of phenols is 1. The molecule has 0 aliphatic carbocycles. The minimum atomic E-state index is -0.724. The monoisotopic (exact) mass is 220 g/mol. The zero-order chi connectivity index (χ0) is 11.7. The first-order chi connectivity index (χ1) is 7.59. The van der Waals surface area contributed by atoms with Gasteiger partial charge in [-0.3, -0.25) is 4.79 Å². The Balaban J connectivity index is 2.53. The second kappa shape index (κ2) is 3.77. The maximum atomic E-state index is 13.7. The zero-order valence-electron chi connectivity index (χ0n) is 8.51. The largest absolute Gasteiger partial charge is 0.508 e. The molecule has 0 bridgehead atoms. The lowest BCUT2D eigenvalue weighted by Crippen LogP contribution is -2.02. The molecular formula is C11H9FN2O2. The van der Waals surface area contributed by atoms with Crippen LogP contribution >= 0.6 is 0 Å². The molecule has 4 nitrogen and oxygen atoms in total. The third kappa shape index (κ3) is 1.67. The predicted molar refractivity (Wildman–Crippen MR) is 55.2 cm³/mol. The molecule has 1 N–H and O–H groups in total. The Morgan fingerprint density at radius 3 is 2.81 bits per heavy atom. The third-order valence-corrected chi connectivity index (χ3v) is 2.16. The molecule has 0 unspecified atom stereocenters. The maximum Gasteiger partial charge on any atom is 0.227 e. The van der Waals surface area contributed by atoms with Gasteiger partial charge in [-0.2, -0.15) is 9.49 Å². The number of aromatic hydroxyl groups is 1. The van der Waals surface area contributed by atoms with E-state index in [2.05, 4.69) is 5.10 Å². The fourth-order valence-corrected chi connectivity index (χ4v) is 1.37. The van der Waals surface area contributed by atoms with Crippen LogP contribution in [0.1, 0.15) is 17.3 Å². The minimum absolute atomic E-state index is 0.0109. The van der Waals surface area contributed by atoms with Gasteiger partial charge in [0, 0.05) is 6.07 Å². The molecule has 0 saturated carbocycles. The van der Waals surface area contributed by atoms with E-state index in [1.807, 2.05) is 0 Å². The highest BCUT2D eigenvalue weighted by atomic mass is 19.1. The Morgan fingerprint density at radius 1 is 1.50 bits per heavy atom. The summed E-state index contributed by atoms with van der Waals surface area (Å²) < 4.78 is 14.7. The van der Waals surface area contributed by atoms with Crippen molar-refractivity contribution in [3.63, 3.8) is 0 Å². The number of hydrogen-bond donors (Lipinski definition) is 1. The molecule has 2 rings (SSSR count). The average Bonchev–Trinajstić information content (AvgIpc) is 2.60. The molecule has 0 aliphatic heterocycles. The Bertz CT molecular complexity index is 549. The highest BCUT2D eigenvalue weighted by molar-refractivity contribution is 5.93. The molecular weight excluding hydrogens is 211 g/mol. The molecule has 16 heavy (non-hydrogen) atoms. The van der Waals surface area contributed by atoms with Gasteiger partial charge in [0.15, 0.2) is 5.78 Å². The second-order valence-corrected chi connectivity index (χ2v) is 3.34. The predicted octanol–water partition coefficient (Wildman–Crippen LogP) is 1.92. The summed E-state index contributed by atoms with van der Waals surface area (Å²) in [5, 5.41) is 13.0. The number of carbonyl (C=O) groups excluding carboxylic acids is 1. The van der Waals surface area contributed by atoms with Gasteiger partial charge in [0.1, 0.15) is 5.75 Å². The zero-order valence-corrected chi connectivity index (χ0v) is 8.51. The van der Waals surface area contributed by atoms with E-state index in [1.54, 1.807) is 12.1 Å². The van der Waals surface area contributed by atoms with Crippen LogP contribution in [0.25, 0.3) is 5.69 Å². The van der Waals surface area contributed by atoms with E-state index in [0.29, 0.717) is 5.69 Å². The molecule has 0 saturated heterocycles. The van der Waals surface area contributed by atoms with Crippen LogP contribution in [0, 0.1) is 5.95 Å². The van der Waals surface area contributed by atoms with Crippen molar-refractivity contribution in [2.24, 2.45) is 0 Å². The molecule has 2 aromatic rings. The van der Waals surface area contributed by atoms with Gasteiger partial charge >= 0.3 is 0 Å². The Hall–Kier alpha value is -2.17. The standard InChI is InChI=1S/C11H9FN2O2/c1-7(15)10-6-13-14(11(10)12)8-3-2-4-9(16)5-8/h2-6,16H,1H3. The van der Waals surface area contributed by atoms with E-state index in [0.717, 1.165) is 4.68 Å². The van der Waals surface area contributed by atoms with Crippen molar-refractivity contribution in [2.75, 3.05) is 0 Å². The van der Waals surface area contributed by atoms with Crippen molar-refractivity contribution in [3.05, 3.63) is 42.0 Å². The van der Waals surface area contributed by atoms with Crippen LogP contribution in [0.2, 0.25) is 0 Å². The van der Waals surface area contributed by atoms with Crippen LogP contribution in [0.5, 0.6) is 5.75 Å². The Labute approximate surface area is 90.9 Å². The summed E-state index contributed by atoms with van der Waals surface area (Å²) in [6.07, 6.45) is 1.17. The molecule has 0 radical (unpaired) electrons. The van der Waals surface area contributed by atoms with Gasteiger partial charge < -0.3 is 5.11 Å². The van der Waals surface area contributed by atoms with Crippen molar-refractivity contribution < 1.29 is 14.3 Å². The molecule has 0 aliphatic rings. The topological polar surface area (TPSA) is 55.1 Å². The van der Waals surface area contributed by atoms with Crippen molar-refractivity contribution in [3.8, 4) is 11.4 Å². The molecule has 0 fully saturated rings. The summed E-state index contributed by atoms with van der Waals surface area (Å²) in [5.74, 6) is -1.10. The van der Waals surface area contributed by atoms with Crippen molar-refractivity contribution >= 4 is 5.78 Å². The number of rotatable bonds is 2. The Kier molecular flexibility index (Phi) is 2.44. The molecule has 5 heteroatoms. The van der Waals surface area contributed by atoms with E-state index in [4.69, 9.17) is 0 Å².